The number of carbonyl (C=O) groups excluding carboxylic acids is 1. The maximum Gasteiger partial charge on any atom is 0.291 e. The van der Waals surface area contributed by atoms with Gasteiger partial charge in [-0.1, -0.05) is 52.0 Å². The van der Waals surface area contributed by atoms with Crippen LogP contribution in [0.3, 0.4) is 0 Å². The third kappa shape index (κ3) is 4.19. The molecule has 0 bridgehead atoms. The van der Waals surface area contributed by atoms with Crippen molar-refractivity contribution in [2.24, 2.45) is 0 Å². The summed E-state index contributed by atoms with van der Waals surface area (Å²) in [5, 5.41) is 2.87. The van der Waals surface area contributed by atoms with Crippen LogP contribution in [0.25, 0.3) is 0 Å². The number of benzene rings is 2. The molecular weight excluding hydrogens is 398 g/mol. The number of methoxy groups -OCH3 is 1. The monoisotopic (exact) mass is 431 g/mol. The second-order valence-electron chi connectivity index (χ2n) is 10.2. The fourth-order valence-corrected chi connectivity index (χ4v) is 4.67. The summed E-state index contributed by atoms with van der Waals surface area (Å²) in [4.78, 5) is 12.7. The summed E-state index contributed by atoms with van der Waals surface area (Å²) in [6, 6.07) is 15.7. The summed E-state index contributed by atoms with van der Waals surface area (Å²) >= 11 is 0. The highest BCUT2D eigenvalue weighted by atomic mass is 16.5. The Morgan fingerprint density at radius 3 is 2.34 bits per heavy atom. The van der Waals surface area contributed by atoms with Crippen LogP contribution >= 0.6 is 0 Å². The van der Waals surface area contributed by atoms with Crippen LogP contribution in [0.1, 0.15) is 79.1 Å². The topological polar surface area (TPSA) is 51.5 Å². The lowest BCUT2D eigenvalue weighted by molar-refractivity contribution is 0.0994. The number of para-hydroxylation sites is 2. The minimum atomic E-state index is -0.286. The zero-order chi connectivity index (χ0) is 23.1. The number of amides is 1. The number of aryl methyl sites for hydroxylation is 1. The highest BCUT2D eigenvalue weighted by molar-refractivity contribution is 6.03. The molecule has 0 spiro atoms. The molecule has 168 valence electrons. The number of fused-ring (bicyclic) bond motifs is 1. The molecule has 1 N–H and O–H groups in total. The van der Waals surface area contributed by atoms with Gasteiger partial charge >= 0.3 is 0 Å². The van der Waals surface area contributed by atoms with E-state index in [-0.39, 0.29) is 16.7 Å². The first-order valence-corrected chi connectivity index (χ1v) is 11.3. The third-order valence-corrected chi connectivity index (χ3v) is 6.91. The molecule has 1 heterocycles. The Balaban J connectivity index is 1.57. The Kier molecular flexibility index (Phi) is 5.66. The molecule has 2 aromatic carbocycles. The molecule has 0 saturated heterocycles. The zero-order valence-electron chi connectivity index (χ0n) is 20.0. The molecule has 3 aromatic rings. The molecule has 4 rings (SSSR count). The first kappa shape index (κ1) is 22.2. The quantitative estimate of drug-likeness (QED) is 0.484. The maximum absolute atomic E-state index is 12.7. The van der Waals surface area contributed by atoms with Gasteiger partial charge in [-0.2, -0.15) is 0 Å². The maximum atomic E-state index is 12.7. The van der Waals surface area contributed by atoms with E-state index in [2.05, 4.69) is 52.1 Å². The predicted molar refractivity (Wildman–Crippen MR) is 129 cm³/mol. The summed E-state index contributed by atoms with van der Waals surface area (Å²) < 4.78 is 11.2. The smallest absolute Gasteiger partial charge is 0.291 e. The van der Waals surface area contributed by atoms with E-state index in [1.807, 2.05) is 24.3 Å². The average Bonchev–Trinajstić information content (AvgIpc) is 3.22. The molecule has 0 radical (unpaired) electrons. The van der Waals surface area contributed by atoms with E-state index in [1.165, 1.54) is 35.1 Å². The van der Waals surface area contributed by atoms with Crippen molar-refractivity contribution in [1.82, 2.24) is 0 Å². The SMILES string of the molecule is COc1ccccc1NC(=O)c1ccc(Cc2cc3c(cc2C)C(C)(C)CCC3(C)C)o1. The normalized spacial score (nSPS) is 16.3. The van der Waals surface area contributed by atoms with E-state index >= 15 is 0 Å². The predicted octanol–water partition coefficient (Wildman–Crippen LogP) is 6.79. The lowest BCUT2D eigenvalue weighted by Gasteiger charge is -2.42. The lowest BCUT2D eigenvalue weighted by atomic mass is 9.62. The van der Waals surface area contributed by atoms with Crippen LogP contribution in [0, 0.1) is 6.92 Å². The van der Waals surface area contributed by atoms with E-state index < -0.39 is 0 Å². The van der Waals surface area contributed by atoms with Crippen molar-refractivity contribution >= 4 is 11.6 Å². The van der Waals surface area contributed by atoms with Crippen molar-refractivity contribution in [3.05, 3.63) is 82.3 Å². The van der Waals surface area contributed by atoms with Crippen molar-refractivity contribution in [3.63, 3.8) is 0 Å². The van der Waals surface area contributed by atoms with Crippen LogP contribution in [0.5, 0.6) is 5.75 Å². The van der Waals surface area contributed by atoms with E-state index in [1.54, 1.807) is 19.2 Å². The van der Waals surface area contributed by atoms with Gasteiger partial charge in [0.2, 0.25) is 0 Å². The first-order valence-electron chi connectivity index (χ1n) is 11.3. The minimum Gasteiger partial charge on any atom is -0.495 e. The summed E-state index contributed by atoms with van der Waals surface area (Å²) in [6.07, 6.45) is 3.05. The van der Waals surface area contributed by atoms with Gasteiger partial charge in [-0.3, -0.25) is 4.79 Å². The van der Waals surface area contributed by atoms with Crippen LogP contribution in [0.4, 0.5) is 5.69 Å². The molecule has 1 aliphatic carbocycles. The number of hydrogen-bond donors (Lipinski definition) is 1. The number of rotatable bonds is 5. The molecular formula is C28H33NO3. The van der Waals surface area contributed by atoms with Gasteiger partial charge in [0.25, 0.3) is 5.91 Å². The fourth-order valence-electron chi connectivity index (χ4n) is 4.67. The number of carbonyl (C=O) groups is 1. The van der Waals surface area contributed by atoms with Crippen LogP contribution in [-0.4, -0.2) is 13.0 Å². The molecule has 0 fully saturated rings. The van der Waals surface area contributed by atoms with Crippen molar-refractivity contribution in [1.29, 1.82) is 0 Å². The molecule has 4 nitrogen and oxygen atoms in total. The molecule has 4 heteroatoms. The summed E-state index contributed by atoms with van der Waals surface area (Å²) in [7, 11) is 1.58. The summed E-state index contributed by atoms with van der Waals surface area (Å²) in [5.41, 5.74) is 6.40. The fraction of sp³-hybridized carbons (Fsp3) is 0.393. The average molecular weight is 432 g/mol. The second kappa shape index (κ2) is 8.16. The van der Waals surface area contributed by atoms with Crippen molar-refractivity contribution in [3.8, 4) is 5.75 Å². The van der Waals surface area contributed by atoms with Gasteiger partial charge in [0.1, 0.15) is 11.5 Å². The lowest BCUT2D eigenvalue weighted by Crippen LogP contribution is -2.34. The Labute approximate surface area is 191 Å². The zero-order valence-corrected chi connectivity index (χ0v) is 20.0. The second-order valence-corrected chi connectivity index (χ2v) is 10.2. The first-order chi connectivity index (χ1) is 15.1. The molecule has 32 heavy (non-hydrogen) atoms. The standard InChI is InChI=1S/C28H33NO3/c1-18-15-21-22(28(4,5)14-13-27(21,2)3)17-19(18)16-20-11-12-25(32-20)26(30)29-23-9-7-8-10-24(23)31-6/h7-12,15,17H,13-14,16H2,1-6H3,(H,29,30). The Hall–Kier alpha value is -3.01. The van der Waals surface area contributed by atoms with Gasteiger partial charge in [-0.05, 0) is 77.1 Å². The molecule has 1 aliphatic rings. The number of anilines is 1. The Morgan fingerprint density at radius 2 is 1.66 bits per heavy atom. The van der Waals surface area contributed by atoms with Gasteiger partial charge in [0.05, 0.1) is 12.8 Å². The van der Waals surface area contributed by atoms with E-state index in [0.29, 0.717) is 23.6 Å². The van der Waals surface area contributed by atoms with Gasteiger partial charge < -0.3 is 14.5 Å². The minimum absolute atomic E-state index is 0.163. The highest BCUT2D eigenvalue weighted by Crippen LogP contribution is 2.46. The molecule has 0 atom stereocenters. The van der Waals surface area contributed by atoms with E-state index in [0.717, 1.165) is 5.76 Å². The number of hydrogen-bond acceptors (Lipinski definition) is 3. The van der Waals surface area contributed by atoms with Crippen LogP contribution in [-0.2, 0) is 17.3 Å². The van der Waals surface area contributed by atoms with Crippen LogP contribution < -0.4 is 10.1 Å². The van der Waals surface area contributed by atoms with E-state index in [9.17, 15) is 4.79 Å². The van der Waals surface area contributed by atoms with E-state index in [4.69, 9.17) is 9.15 Å². The van der Waals surface area contributed by atoms with Crippen molar-refractivity contribution in [2.75, 3.05) is 12.4 Å². The van der Waals surface area contributed by atoms with Crippen molar-refractivity contribution in [2.45, 2.75) is 64.7 Å². The number of furan rings is 1. The van der Waals surface area contributed by atoms with Gasteiger partial charge in [0.15, 0.2) is 5.76 Å². The number of nitrogens with one attached hydrogen (secondary N) is 1. The molecule has 0 saturated carbocycles. The van der Waals surface area contributed by atoms with Crippen LogP contribution in [0.2, 0.25) is 0 Å². The Bertz CT molecular complexity index is 1150. The molecule has 0 unspecified atom stereocenters. The summed E-state index contributed by atoms with van der Waals surface area (Å²) in [6.45, 7) is 11.5. The van der Waals surface area contributed by atoms with Crippen molar-refractivity contribution < 1.29 is 13.9 Å². The van der Waals surface area contributed by atoms with Crippen LogP contribution in [0.15, 0.2) is 52.9 Å². The number of ether oxygens (including phenoxy) is 1. The van der Waals surface area contributed by atoms with Gasteiger partial charge in [0, 0.05) is 6.42 Å². The molecule has 1 aromatic heterocycles. The Morgan fingerprint density at radius 1 is 1.00 bits per heavy atom. The molecule has 1 amide bonds. The van der Waals surface area contributed by atoms with Gasteiger partial charge in [-0.25, -0.2) is 0 Å². The largest absolute Gasteiger partial charge is 0.495 e. The third-order valence-electron chi connectivity index (χ3n) is 6.91. The van der Waals surface area contributed by atoms with Gasteiger partial charge in [-0.15, -0.1) is 0 Å². The summed E-state index contributed by atoms with van der Waals surface area (Å²) in [5.74, 6) is 1.41. The molecule has 0 aliphatic heterocycles. The highest BCUT2D eigenvalue weighted by Gasteiger charge is 2.37.